The van der Waals surface area contributed by atoms with E-state index in [1.165, 1.54) is 4.88 Å². The summed E-state index contributed by atoms with van der Waals surface area (Å²) in [5.74, 6) is 0.631. The van der Waals surface area contributed by atoms with Crippen LogP contribution < -0.4 is 10.7 Å². The maximum Gasteiger partial charge on any atom is 0.266 e. The largest absolute Gasteiger partial charge is 0.477 e. The standard InChI is InChI=1S/C11H18N5OS.CH4O3S/c1-12-9-16(6-5-10-4-3-7-18-10)8-11(17-2)13-14-15-16;1-5(2,3)4/h3-4,7-8,12H,5-6,9H2,1-2H3,(H,13,15);1H3,(H,2,3,4)/q+1;. The average molecular weight is 364 g/mol. The van der Waals surface area contributed by atoms with Crippen molar-refractivity contribution in [3.63, 3.8) is 0 Å². The molecule has 3 N–H and O–H groups in total. The Bertz CT molecular complexity index is 622. The highest BCUT2D eigenvalue weighted by atomic mass is 32.2. The second kappa shape index (κ2) is 8.93. The van der Waals surface area contributed by atoms with Gasteiger partial charge in [-0.15, -0.1) is 15.9 Å². The van der Waals surface area contributed by atoms with E-state index in [0.29, 0.717) is 23.4 Å². The van der Waals surface area contributed by atoms with Crippen LogP contribution in [0.15, 0.2) is 40.0 Å². The molecule has 2 rings (SSSR count). The molecule has 0 bridgehead atoms. The third kappa shape index (κ3) is 8.04. The molecule has 0 aromatic carbocycles. The van der Waals surface area contributed by atoms with Crippen molar-refractivity contribution >= 4 is 21.5 Å². The maximum atomic E-state index is 9.19. The second-order valence-electron chi connectivity index (χ2n) is 4.78. The Morgan fingerprint density at radius 3 is 2.74 bits per heavy atom. The Balaban J connectivity index is 0.000000463. The van der Waals surface area contributed by atoms with Crippen molar-refractivity contribution in [1.82, 2.24) is 10.7 Å². The van der Waals surface area contributed by atoms with E-state index in [1.54, 1.807) is 18.4 Å². The summed E-state index contributed by atoms with van der Waals surface area (Å²) in [6.45, 7) is 1.53. The zero-order valence-corrected chi connectivity index (χ0v) is 14.9. The molecule has 0 radical (unpaired) electrons. The topological polar surface area (TPSA) is 112 Å². The molecule has 0 spiro atoms. The van der Waals surface area contributed by atoms with E-state index >= 15 is 0 Å². The molecule has 1 aliphatic heterocycles. The Kier molecular flexibility index (Phi) is 7.58. The summed E-state index contributed by atoms with van der Waals surface area (Å²) < 4.78 is 31.4. The van der Waals surface area contributed by atoms with Gasteiger partial charge in [-0.05, 0) is 23.7 Å². The molecule has 1 aliphatic rings. The number of thiophene rings is 1. The van der Waals surface area contributed by atoms with Crippen molar-refractivity contribution in [3.8, 4) is 0 Å². The lowest BCUT2D eigenvalue weighted by atomic mass is 10.3. The smallest absolute Gasteiger partial charge is 0.266 e. The van der Waals surface area contributed by atoms with Gasteiger partial charge in [0, 0.05) is 11.3 Å². The summed E-state index contributed by atoms with van der Waals surface area (Å²) >= 11 is 1.76. The molecule has 1 atom stereocenters. The van der Waals surface area contributed by atoms with Crippen molar-refractivity contribution in [1.29, 1.82) is 0 Å². The molecule has 130 valence electrons. The van der Waals surface area contributed by atoms with Gasteiger partial charge in [-0.25, -0.2) is 5.43 Å². The molecule has 0 aliphatic carbocycles. The Morgan fingerprint density at radius 2 is 2.22 bits per heavy atom. The van der Waals surface area contributed by atoms with E-state index < -0.39 is 10.1 Å². The number of rotatable bonds is 6. The number of quaternary nitrogens is 1. The van der Waals surface area contributed by atoms with Crippen LogP contribution in [-0.4, -0.2) is 51.2 Å². The Hall–Kier alpha value is -1.53. The predicted octanol–water partition coefficient (Wildman–Crippen LogP) is 1.12. The van der Waals surface area contributed by atoms with Crippen LogP contribution in [0.25, 0.3) is 0 Å². The van der Waals surface area contributed by atoms with Crippen molar-refractivity contribution in [3.05, 3.63) is 34.5 Å². The molecular weight excluding hydrogens is 342 g/mol. The lowest BCUT2D eigenvalue weighted by Crippen LogP contribution is -2.47. The van der Waals surface area contributed by atoms with Crippen LogP contribution in [-0.2, 0) is 21.3 Å². The van der Waals surface area contributed by atoms with Crippen LogP contribution in [0.3, 0.4) is 0 Å². The molecule has 1 unspecified atom stereocenters. The maximum absolute atomic E-state index is 9.19. The van der Waals surface area contributed by atoms with Crippen LogP contribution in [0, 0.1) is 0 Å². The number of nitrogens with zero attached hydrogens (tertiary/aromatic N) is 3. The van der Waals surface area contributed by atoms with Gasteiger partial charge >= 0.3 is 0 Å². The third-order valence-electron chi connectivity index (χ3n) is 2.72. The lowest BCUT2D eigenvalue weighted by Gasteiger charge is -2.28. The number of ether oxygens (including phenoxy) is 1. The summed E-state index contributed by atoms with van der Waals surface area (Å²) in [5, 5.41) is 13.4. The normalized spacial score (nSPS) is 20.1. The molecule has 1 aromatic heterocycles. The molecule has 11 heteroatoms. The molecule has 1 aromatic rings. The van der Waals surface area contributed by atoms with Gasteiger partial charge in [-0.3, -0.25) is 9.87 Å². The monoisotopic (exact) mass is 364 g/mol. The zero-order valence-electron chi connectivity index (χ0n) is 13.3. The van der Waals surface area contributed by atoms with Gasteiger partial charge in [0.05, 0.1) is 18.6 Å². The van der Waals surface area contributed by atoms with E-state index in [9.17, 15) is 8.42 Å². The van der Waals surface area contributed by atoms with Crippen LogP contribution in [0.2, 0.25) is 0 Å². The molecule has 0 saturated carbocycles. The van der Waals surface area contributed by atoms with Crippen molar-refractivity contribution in [2.75, 3.05) is 33.6 Å². The fourth-order valence-corrected chi connectivity index (χ4v) is 2.53. The fourth-order valence-electron chi connectivity index (χ4n) is 1.83. The molecule has 2 heterocycles. The third-order valence-corrected chi connectivity index (χ3v) is 3.65. The van der Waals surface area contributed by atoms with E-state index in [1.807, 2.05) is 13.2 Å². The van der Waals surface area contributed by atoms with Crippen LogP contribution in [0.4, 0.5) is 0 Å². The molecular formula is C12H22N5O4S2+. The summed E-state index contributed by atoms with van der Waals surface area (Å²) in [5.41, 5.74) is 2.73. The minimum Gasteiger partial charge on any atom is -0.477 e. The zero-order chi connectivity index (χ0) is 17.3. The first kappa shape index (κ1) is 19.5. The minimum absolute atomic E-state index is 0.393. The van der Waals surface area contributed by atoms with Crippen LogP contribution >= 0.6 is 11.3 Å². The summed E-state index contributed by atoms with van der Waals surface area (Å²) in [6.07, 6.45) is 3.62. The lowest BCUT2D eigenvalue weighted by molar-refractivity contribution is -0.896. The average Bonchev–Trinajstić information content (AvgIpc) is 2.97. The molecule has 9 nitrogen and oxygen atoms in total. The highest BCUT2D eigenvalue weighted by Crippen LogP contribution is 2.18. The van der Waals surface area contributed by atoms with Crippen molar-refractivity contribution in [2.24, 2.45) is 10.4 Å². The van der Waals surface area contributed by atoms with E-state index in [2.05, 4.69) is 38.7 Å². The predicted molar refractivity (Wildman–Crippen MR) is 87.6 cm³/mol. The fraction of sp³-hybridized carbons (Fsp3) is 0.500. The molecule has 23 heavy (non-hydrogen) atoms. The Morgan fingerprint density at radius 1 is 1.52 bits per heavy atom. The molecule has 0 amide bonds. The first-order chi connectivity index (χ1) is 10.8. The number of hydrogen-bond acceptors (Lipinski definition) is 8. The summed E-state index contributed by atoms with van der Waals surface area (Å²) in [4.78, 5) is 1.35. The number of methoxy groups -OCH3 is 1. The van der Waals surface area contributed by atoms with Gasteiger partial charge in [0.25, 0.3) is 16.0 Å². The van der Waals surface area contributed by atoms with Crippen LogP contribution in [0.5, 0.6) is 0 Å². The summed E-state index contributed by atoms with van der Waals surface area (Å²) in [6, 6.07) is 4.21. The van der Waals surface area contributed by atoms with Crippen molar-refractivity contribution in [2.45, 2.75) is 6.42 Å². The second-order valence-corrected chi connectivity index (χ2v) is 7.28. The summed E-state index contributed by atoms with van der Waals surface area (Å²) in [7, 11) is -0.143. The van der Waals surface area contributed by atoms with Gasteiger partial charge in [0.15, 0.2) is 12.9 Å². The van der Waals surface area contributed by atoms with E-state index in [0.717, 1.165) is 13.0 Å². The first-order valence-electron chi connectivity index (χ1n) is 6.69. The SMILES string of the molecule is CNC[N+]1(CCc2cccs2)C=C(OC)NN=N1.CS(=O)(=O)O. The van der Waals surface area contributed by atoms with E-state index in [-0.39, 0.29) is 0 Å². The van der Waals surface area contributed by atoms with Gasteiger partial charge in [-0.2, -0.15) is 8.42 Å². The van der Waals surface area contributed by atoms with Crippen LogP contribution in [0.1, 0.15) is 4.88 Å². The van der Waals surface area contributed by atoms with Gasteiger partial charge < -0.3 is 4.74 Å². The molecule has 0 saturated heterocycles. The van der Waals surface area contributed by atoms with Gasteiger partial charge in [-0.1, -0.05) is 6.07 Å². The minimum atomic E-state index is -3.67. The quantitative estimate of drug-likeness (QED) is 0.515. The number of nitrogens with one attached hydrogen (secondary N) is 2. The van der Waals surface area contributed by atoms with Gasteiger partial charge in [0.1, 0.15) is 6.54 Å². The highest BCUT2D eigenvalue weighted by Gasteiger charge is 2.30. The molecule has 0 fully saturated rings. The van der Waals surface area contributed by atoms with Gasteiger partial charge in [0.2, 0.25) is 0 Å². The van der Waals surface area contributed by atoms with Crippen molar-refractivity contribution < 1.29 is 22.3 Å². The first-order valence-corrected chi connectivity index (χ1v) is 9.42. The highest BCUT2D eigenvalue weighted by molar-refractivity contribution is 7.85. The number of hydrogen-bond donors (Lipinski definition) is 3. The van der Waals surface area contributed by atoms with E-state index in [4.69, 9.17) is 9.29 Å². The Labute approximate surface area is 140 Å².